The van der Waals surface area contributed by atoms with Crippen molar-refractivity contribution in [1.82, 2.24) is 0 Å². The Balaban J connectivity index is 2.07. The van der Waals surface area contributed by atoms with E-state index in [0.29, 0.717) is 0 Å². The van der Waals surface area contributed by atoms with Crippen molar-refractivity contribution in [2.24, 2.45) is 0 Å². The average molecular weight is 275 g/mol. The van der Waals surface area contributed by atoms with Crippen LogP contribution in [0, 0.1) is 15.9 Å². The highest BCUT2D eigenvalue weighted by Gasteiger charge is 2.13. The van der Waals surface area contributed by atoms with Gasteiger partial charge in [0, 0.05) is 17.7 Å². The first-order valence-corrected chi connectivity index (χ1v) is 5.73. The molecule has 0 radical (unpaired) electrons. The third kappa shape index (κ3) is 3.17. The first-order valence-electron chi connectivity index (χ1n) is 5.73. The molecule has 0 amide bonds. The minimum Gasteiger partial charge on any atom is -0.457 e. The van der Waals surface area contributed by atoms with Crippen molar-refractivity contribution < 1.29 is 18.8 Å². The molecule has 0 aromatic heterocycles. The maximum Gasteiger partial charge on any atom is 0.338 e. The number of esters is 1. The van der Waals surface area contributed by atoms with Gasteiger partial charge in [-0.25, -0.2) is 9.18 Å². The van der Waals surface area contributed by atoms with Gasteiger partial charge in [-0.15, -0.1) is 0 Å². The topological polar surface area (TPSA) is 69.4 Å². The van der Waals surface area contributed by atoms with Crippen LogP contribution < -0.4 is 0 Å². The molecule has 0 bridgehead atoms. The molecule has 5 nitrogen and oxygen atoms in total. The second kappa shape index (κ2) is 5.92. The predicted octanol–water partition coefficient (Wildman–Crippen LogP) is 3.09. The molecule has 2 aromatic carbocycles. The smallest absolute Gasteiger partial charge is 0.338 e. The van der Waals surface area contributed by atoms with Crippen LogP contribution in [0.15, 0.2) is 48.5 Å². The molecule has 0 aliphatic rings. The molecule has 0 spiro atoms. The molecule has 6 heteroatoms. The molecule has 102 valence electrons. The zero-order valence-corrected chi connectivity index (χ0v) is 10.3. The summed E-state index contributed by atoms with van der Waals surface area (Å²) in [5, 5.41) is 10.6. The summed E-state index contributed by atoms with van der Waals surface area (Å²) in [6, 6.07) is 11.1. The van der Waals surface area contributed by atoms with Crippen molar-refractivity contribution >= 4 is 11.7 Å². The number of carbonyl (C=O) groups is 1. The lowest BCUT2D eigenvalue weighted by molar-refractivity contribution is -0.384. The number of hydrogen-bond acceptors (Lipinski definition) is 4. The van der Waals surface area contributed by atoms with Gasteiger partial charge in [0.2, 0.25) is 0 Å². The number of nitro groups is 1. The van der Waals surface area contributed by atoms with Crippen LogP contribution in [-0.2, 0) is 11.3 Å². The lowest BCUT2D eigenvalue weighted by atomic mass is 10.2. The normalized spacial score (nSPS) is 10.1. The Bertz CT molecular complexity index is 657. The summed E-state index contributed by atoms with van der Waals surface area (Å²) in [5.41, 5.74) is 0.0900. The van der Waals surface area contributed by atoms with E-state index in [1.807, 2.05) is 0 Å². The van der Waals surface area contributed by atoms with E-state index >= 15 is 0 Å². The highest BCUT2D eigenvalue weighted by atomic mass is 19.1. The number of halogens is 1. The van der Waals surface area contributed by atoms with Crippen molar-refractivity contribution in [3.63, 3.8) is 0 Å². The van der Waals surface area contributed by atoms with Crippen molar-refractivity contribution in [3.05, 3.63) is 75.6 Å². The van der Waals surface area contributed by atoms with Crippen molar-refractivity contribution in [1.29, 1.82) is 0 Å². The highest BCUT2D eigenvalue weighted by molar-refractivity contribution is 5.90. The number of benzene rings is 2. The third-order valence-corrected chi connectivity index (χ3v) is 2.61. The van der Waals surface area contributed by atoms with Gasteiger partial charge in [-0.3, -0.25) is 10.1 Å². The number of nitrogens with zero attached hydrogens (tertiary/aromatic N) is 1. The second-order valence-electron chi connectivity index (χ2n) is 3.97. The van der Waals surface area contributed by atoms with Gasteiger partial charge in [0.15, 0.2) is 0 Å². The van der Waals surface area contributed by atoms with Gasteiger partial charge in [0.25, 0.3) is 5.69 Å². The number of ether oxygens (including phenoxy) is 1. The SMILES string of the molecule is O=C(OCc1ccccc1F)c1cccc([N+](=O)[O-])c1. The van der Waals surface area contributed by atoms with Crippen molar-refractivity contribution in [2.45, 2.75) is 6.61 Å². The molecule has 0 saturated carbocycles. The first-order chi connectivity index (χ1) is 9.58. The summed E-state index contributed by atoms with van der Waals surface area (Å²) >= 11 is 0. The monoisotopic (exact) mass is 275 g/mol. The minimum atomic E-state index is -0.739. The number of hydrogen-bond donors (Lipinski definition) is 0. The van der Waals surface area contributed by atoms with Gasteiger partial charge in [-0.05, 0) is 12.1 Å². The molecule has 0 unspecified atom stereocenters. The summed E-state index contributed by atoms with van der Waals surface area (Å²) in [6.07, 6.45) is 0. The van der Waals surface area contributed by atoms with Crippen LogP contribution in [-0.4, -0.2) is 10.9 Å². The Morgan fingerprint density at radius 2 is 1.95 bits per heavy atom. The fraction of sp³-hybridized carbons (Fsp3) is 0.0714. The molecule has 0 aliphatic heterocycles. The van der Waals surface area contributed by atoms with E-state index in [4.69, 9.17) is 4.74 Å². The van der Waals surface area contributed by atoms with Crippen LogP contribution in [0.2, 0.25) is 0 Å². The first kappa shape index (κ1) is 13.7. The molecular formula is C14H10FNO4. The minimum absolute atomic E-state index is 0.0514. The zero-order valence-electron chi connectivity index (χ0n) is 10.3. The predicted molar refractivity (Wildman–Crippen MR) is 68.6 cm³/mol. The molecule has 20 heavy (non-hydrogen) atoms. The van der Waals surface area contributed by atoms with E-state index in [-0.39, 0.29) is 23.4 Å². The molecule has 0 fully saturated rings. The Morgan fingerprint density at radius 3 is 2.65 bits per heavy atom. The summed E-state index contributed by atoms with van der Waals surface area (Å²) in [5.74, 6) is -1.21. The Labute approximate surface area is 113 Å². The zero-order chi connectivity index (χ0) is 14.5. The van der Waals surface area contributed by atoms with Gasteiger partial charge in [0.1, 0.15) is 12.4 Å². The summed E-state index contributed by atoms with van der Waals surface area (Å²) in [4.78, 5) is 21.7. The van der Waals surface area contributed by atoms with Crippen LogP contribution in [0.5, 0.6) is 0 Å². The van der Waals surface area contributed by atoms with E-state index in [2.05, 4.69) is 0 Å². The number of non-ortho nitro benzene ring substituents is 1. The maximum absolute atomic E-state index is 13.3. The number of nitro benzene ring substituents is 1. The van der Waals surface area contributed by atoms with E-state index < -0.39 is 16.7 Å². The van der Waals surface area contributed by atoms with E-state index in [1.165, 1.54) is 36.4 Å². The standard InChI is InChI=1S/C14H10FNO4/c15-13-7-2-1-4-11(13)9-20-14(17)10-5-3-6-12(8-10)16(18)19/h1-8H,9H2. The van der Waals surface area contributed by atoms with E-state index in [9.17, 15) is 19.3 Å². The van der Waals surface area contributed by atoms with Crippen LogP contribution in [0.1, 0.15) is 15.9 Å². The quantitative estimate of drug-likeness (QED) is 0.488. The average Bonchev–Trinajstić information content (AvgIpc) is 2.46. The van der Waals surface area contributed by atoms with Crippen LogP contribution >= 0.6 is 0 Å². The number of rotatable bonds is 4. The lowest BCUT2D eigenvalue weighted by Crippen LogP contribution is -2.06. The van der Waals surface area contributed by atoms with Gasteiger partial charge < -0.3 is 4.74 Å². The Morgan fingerprint density at radius 1 is 1.20 bits per heavy atom. The van der Waals surface area contributed by atoms with Crippen molar-refractivity contribution in [3.8, 4) is 0 Å². The lowest BCUT2D eigenvalue weighted by Gasteiger charge is -2.05. The summed E-state index contributed by atoms with van der Waals surface area (Å²) in [6.45, 7) is -0.228. The molecular weight excluding hydrogens is 265 g/mol. The molecule has 0 atom stereocenters. The van der Waals surface area contributed by atoms with Gasteiger partial charge in [-0.2, -0.15) is 0 Å². The second-order valence-corrected chi connectivity index (χ2v) is 3.97. The third-order valence-electron chi connectivity index (χ3n) is 2.61. The molecule has 0 saturated heterocycles. The Kier molecular flexibility index (Phi) is 4.05. The molecule has 0 aliphatic carbocycles. The maximum atomic E-state index is 13.3. The molecule has 0 N–H and O–H groups in total. The Hall–Kier alpha value is -2.76. The number of carbonyl (C=O) groups excluding carboxylic acids is 1. The van der Waals surface area contributed by atoms with Crippen LogP contribution in [0.25, 0.3) is 0 Å². The van der Waals surface area contributed by atoms with E-state index in [0.717, 1.165) is 6.07 Å². The fourth-order valence-electron chi connectivity index (χ4n) is 1.59. The van der Waals surface area contributed by atoms with Gasteiger partial charge in [-0.1, -0.05) is 24.3 Å². The van der Waals surface area contributed by atoms with Crippen LogP contribution in [0.4, 0.5) is 10.1 Å². The van der Waals surface area contributed by atoms with Gasteiger partial charge >= 0.3 is 5.97 Å². The molecule has 0 heterocycles. The van der Waals surface area contributed by atoms with Crippen molar-refractivity contribution in [2.75, 3.05) is 0 Å². The fourth-order valence-corrected chi connectivity index (χ4v) is 1.59. The van der Waals surface area contributed by atoms with Crippen LogP contribution in [0.3, 0.4) is 0 Å². The van der Waals surface area contributed by atoms with Gasteiger partial charge in [0.05, 0.1) is 10.5 Å². The largest absolute Gasteiger partial charge is 0.457 e. The van der Waals surface area contributed by atoms with E-state index in [1.54, 1.807) is 6.07 Å². The highest BCUT2D eigenvalue weighted by Crippen LogP contribution is 2.15. The summed E-state index contributed by atoms with van der Waals surface area (Å²) in [7, 11) is 0. The summed E-state index contributed by atoms with van der Waals surface area (Å²) < 4.78 is 18.3. The molecule has 2 aromatic rings. The molecule has 2 rings (SSSR count).